The highest BCUT2D eigenvalue weighted by molar-refractivity contribution is 7.13. The van der Waals surface area contributed by atoms with E-state index in [-0.39, 0.29) is 11.9 Å². The molecule has 1 aromatic rings. The molecule has 0 aliphatic carbocycles. The average Bonchev–Trinajstić information content (AvgIpc) is 2.77. The molecule has 0 bridgehead atoms. The van der Waals surface area contributed by atoms with Gasteiger partial charge in [-0.3, -0.25) is 4.79 Å². The van der Waals surface area contributed by atoms with Crippen LogP contribution in [-0.4, -0.2) is 34.9 Å². The Morgan fingerprint density at radius 3 is 2.86 bits per heavy atom. The summed E-state index contributed by atoms with van der Waals surface area (Å²) < 4.78 is 0. The highest BCUT2D eigenvalue weighted by atomic mass is 32.1. The molecule has 1 fully saturated rings. The molecule has 0 saturated carbocycles. The number of nitrogens with zero attached hydrogens (tertiary/aromatic N) is 2. The maximum absolute atomic E-state index is 12.8. The normalized spacial score (nSPS) is 22.9. The second-order valence-corrected chi connectivity index (χ2v) is 7.72. The fraction of sp³-hybridized carbons (Fsp3) is 0.750. The third-order valence-electron chi connectivity index (χ3n) is 4.13. The minimum atomic E-state index is 0.127. The largest absolute Gasteiger partial charge is 0.334 e. The standard InChI is InChI=1S/C16H27N3OS/c1-10(2)7-14-18-12(4)15(21-14)16(20)19-6-5-11(3)8-13(19)9-17/h10-11,13H,5-9,17H2,1-4H3. The molecule has 118 valence electrons. The first-order valence-electron chi connectivity index (χ1n) is 7.89. The minimum Gasteiger partial charge on any atom is -0.334 e. The molecule has 4 nitrogen and oxygen atoms in total. The van der Waals surface area contributed by atoms with Gasteiger partial charge in [0.05, 0.1) is 10.7 Å². The number of hydrogen-bond donors (Lipinski definition) is 1. The van der Waals surface area contributed by atoms with Gasteiger partial charge in [-0.15, -0.1) is 11.3 Å². The fourth-order valence-corrected chi connectivity index (χ4v) is 4.19. The first-order valence-corrected chi connectivity index (χ1v) is 8.71. The van der Waals surface area contributed by atoms with Crippen molar-refractivity contribution in [2.45, 2.75) is 53.0 Å². The molecule has 1 aliphatic rings. The van der Waals surface area contributed by atoms with Crippen LogP contribution in [0.5, 0.6) is 0 Å². The molecule has 0 radical (unpaired) electrons. The van der Waals surface area contributed by atoms with Crippen LogP contribution in [0.3, 0.4) is 0 Å². The maximum Gasteiger partial charge on any atom is 0.266 e. The maximum atomic E-state index is 12.8. The molecule has 1 aliphatic heterocycles. The molecule has 5 heteroatoms. The van der Waals surface area contributed by atoms with Gasteiger partial charge < -0.3 is 10.6 Å². The zero-order chi connectivity index (χ0) is 15.6. The van der Waals surface area contributed by atoms with Gasteiger partial charge >= 0.3 is 0 Å². The van der Waals surface area contributed by atoms with Crippen molar-refractivity contribution in [1.29, 1.82) is 0 Å². The molecule has 2 N–H and O–H groups in total. The molecular formula is C16H27N3OS. The van der Waals surface area contributed by atoms with Crippen molar-refractivity contribution in [3.05, 3.63) is 15.6 Å². The van der Waals surface area contributed by atoms with E-state index in [2.05, 4.69) is 25.8 Å². The van der Waals surface area contributed by atoms with E-state index in [0.717, 1.165) is 41.4 Å². The van der Waals surface area contributed by atoms with Crippen molar-refractivity contribution in [3.8, 4) is 0 Å². The Morgan fingerprint density at radius 1 is 1.52 bits per heavy atom. The van der Waals surface area contributed by atoms with E-state index in [1.807, 2.05) is 11.8 Å². The summed E-state index contributed by atoms with van der Waals surface area (Å²) in [6.45, 7) is 9.90. The molecule has 2 rings (SSSR count). The Morgan fingerprint density at radius 2 is 2.24 bits per heavy atom. The summed E-state index contributed by atoms with van der Waals surface area (Å²) in [5.41, 5.74) is 6.75. The summed E-state index contributed by atoms with van der Waals surface area (Å²) in [5.74, 6) is 1.34. The number of nitrogens with two attached hydrogens (primary N) is 1. The molecule has 2 atom stereocenters. The van der Waals surface area contributed by atoms with Crippen LogP contribution in [0.15, 0.2) is 0 Å². The average molecular weight is 309 g/mol. The number of thiazole rings is 1. The molecule has 21 heavy (non-hydrogen) atoms. The monoisotopic (exact) mass is 309 g/mol. The quantitative estimate of drug-likeness (QED) is 0.930. The van der Waals surface area contributed by atoms with E-state index < -0.39 is 0 Å². The van der Waals surface area contributed by atoms with E-state index in [1.165, 1.54) is 0 Å². The number of hydrogen-bond acceptors (Lipinski definition) is 4. The van der Waals surface area contributed by atoms with Crippen LogP contribution < -0.4 is 5.73 Å². The van der Waals surface area contributed by atoms with Gasteiger partial charge in [-0.25, -0.2) is 4.98 Å². The number of aromatic nitrogens is 1. The predicted octanol–water partition coefficient (Wildman–Crippen LogP) is 2.85. The number of likely N-dealkylation sites (tertiary alicyclic amines) is 1. The summed E-state index contributed by atoms with van der Waals surface area (Å²) in [6, 6.07) is 0.177. The van der Waals surface area contributed by atoms with Crippen LogP contribution in [0.2, 0.25) is 0 Å². The number of carbonyl (C=O) groups is 1. The highest BCUT2D eigenvalue weighted by Gasteiger charge is 2.31. The van der Waals surface area contributed by atoms with Crippen molar-refractivity contribution >= 4 is 17.2 Å². The van der Waals surface area contributed by atoms with Crippen LogP contribution in [0.4, 0.5) is 0 Å². The van der Waals surface area contributed by atoms with Crippen molar-refractivity contribution in [2.75, 3.05) is 13.1 Å². The van der Waals surface area contributed by atoms with Gasteiger partial charge in [-0.1, -0.05) is 20.8 Å². The number of piperidine rings is 1. The van der Waals surface area contributed by atoms with Crippen molar-refractivity contribution in [1.82, 2.24) is 9.88 Å². The topological polar surface area (TPSA) is 59.2 Å². The molecule has 1 saturated heterocycles. The predicted molar refractivity (Wildman–Crippen MR) is 87.7 cm³/mol. The van der Waals surface area contributed by atoms with Crippen LogP contribution in [0.25, 0.3) is 0 Å². The van der Waals surface area contributed by atoms with Gasteiger partial charge in [0.25, 0.3) is 5.91 Å². The number of amides is 1. The van der Waals surface area contributed by atoms with E-state index in [1.54, 1.807) is 11.3 Å². The second-order valence-electron chi connectivity index (χ2n) is 6.64. The third-order valence-corrected chi connectivity index (χ3v) is 5.30. The Labute approximate surface area is 131 Å². The van der Waals surface area contributed by atoms with Crippen molar-refractivity contribution in [2.24, 2.45) is 17.6 Å². The van der Waals surface area contributed by atoms with E-state index in [4.69, 9.17) is 5.73 Å². The van der Waals surface area contributed by atoms with Gasteiger partial charge in [0.1, 0.15) is 4.88 Å². The third kappa shape index (κ3) is 3.83. The van der Waals surface area contributed by atoms with Gasteiger partial charge in [0.2, 0.25) is 0 Å². The molecule has 1 aromatic heterocycles. The van der Waals surface area contributed by atoms with Crippen molar-refractivity contribution < 1.29 is 4.79 Å². The number of carbonyl (C=O) groups excluding carboxylic acids is 1. The zero-order valence-corrected chi connectivity index (χ0v) is 14.4. The fourth-order valence-electron chi connectivity index (χ4n) is 2.96. The summed E-state index contributed by atoms with van der Waals surface area (Å²) in [7, 11) is 0. The lowest BCUT2D eigenvalue weighted by Gasteiger charge is -2.37. The zero-order valence-electron chi connectivity index (χ0n) is 13.6. The van der Waals surface area contributed by atoms with Crippen molar-refractivity contribution in [3.63, 3.8) is 0 Å². The second kappa shape index (κ2) is 6.88. The summed E-state index contributed by atoms with van der Waals surface area (Å²) in [5, 5.41) is 1.07. The Kier molecular flexibility index (Phi) is 5.38. The molecular weight excluding hydrogens is 282 g/mol. The molecule has 2 heterocycles. The summed E-state index contributed by atoms with van der Waals surface area (Å²) in [6.07, 6.45) is 3.02. The van der Waals surface area contributed by atoms with Gasteiger partial charge in [0.15, 0.2) is 0 Å². The first kappa shape index (κ1) is 16.4. The summed E-state index contributed by atoms with van der Waals surface area (Å²) >= 11 is 1.56. The SMILES string of the molecule is Cc1nc(CC(C)C)sc1C(=O)N1CCC(C)CC1CN. The summed E-state index contributed by atoms with van der Waals surface area (Å²) in [4.78, 5) is 20.2. The van der Waals surface area contributed by atoms with Crippen LogP contribution in [-0.2, 0) is 6.42 Å². The molecule has 0 spiro atoms. The Balaban J connectivity index is 2.17. The Hall–Kier alpha value is -0.940. The minimum absolute atomic E-state index is 0.127. The number of aryl methyl sites for hydroxylation is 1. The van der Waals surface area contributed by atoms with E-state index >= 15 is 0 Å². The first-order chi connectivity index (χ1) is 9.92. The van der Waals surface area contributed by atoms with Crippen LogP contribution >= 0.6 is 11.3 Å². The lowest BCUT2D eigenvalue weighted by atomic mass is 9.92. The Bertz CT molecular complexity index is 498. The van der Waals surface area contributed by atoms with Gasteiger partial charge in [-0.2, -0.15) is 0 Å². The van der Waals surface area contributed by atoms with Crippen LogP contribution in [0.1, 0.15) is 54.0 Å². The number of rotatable bonds is 4. The highest BCUT2D eigenvalue weighted by Crippen LogP contribution is 2.27. The molecule has 1 amide bonds. The molecule has 2 unspecified atom stereocenters. The van der Waals surface area contributed by atoms with Gasteiger partial charge in [0, 0.05) is 25.6 Å². The smallest absolute Gasteiger partial charge is 0.266 e. The van der Waals surface area contributed by atoms with E-state index in [9.17, 15) is 4.79 Å². The lowest BCUT2D eigenvalue weighted by molar-refractivity contribution is 0.0577. The molecule has 0 aromatic carbocycles. The van der Waals surface area contributed by atoms with Gasteiger partial charge in [-0.05, 0) is 31.6 Å². The van der Waals surface area contributed by atoms with Crippen LogP contribution in [0, 0.1) is 18.8 Å². The van der Waals surface area contributed by atoms with E-state index in [0.29, 0.717) is 18.4 Å². The lowest BCUT2D eigenvalue weighted by Crippen LogP contribution is -2.49.